The zero-order valence-electron chi connectivity index (χ0n) is 8.20. The molecule has 0 spiro atoms. The number of halogens is 1. The fraction of sp³-hybridized carbons (Fsp3) is 0.200. The molecule has 2 rings (SSSR count). The summed E-state index contributed by atoms with van der Waals surface area (Å²) in [6, 6.07) is 7.73. The Kier molecular flexibility index (Phi) is 2.88. The van der Waals surface area contributed by atoms with E-state index in [9.17, 15) is 0 Å². The van der Waals surface area contributed by atoms with E-state index in [0.717, 1.165) is 16.4 Å². The summed E-state index contributed by atoms with van der Waals surface area (Å²) in [5, 5.41) is 7.64. The molecule has 0 aliphatic heterocycles. The molecular formula is C10H10ClN3S. The lowest BCUT2D eigenvalue weighted by Crippen LogP contribution is -1.99. The van der Waals surface area contributed by atoms with Crippen molar-refractivity contribution in [3.8, 4) is 0 Å². The third kappa shape index (κ3) is 2.11. The van der Waals surface area contributed by atoms with Gasteiger partial charge in [-0.25, -0.2) is 0 Å². The average Bonchev–Trinajstić information content (AvgIpc) is 2.53. The van der Waals surface area contributed by atoms with Gasteiger partial charge in [0.1, 0.15) is 5.82 Å². The standard InChI is InChI=1S/C10H10ClN3S/c1-14-9(12-13-10(14)15)6-7-4-2-3-5-8(7)11/h2-5H,6H2,1H3,(H,13,15). The average molecular weight is 240 g/mol. The second-order valence-electron chi connectivity index (χ2n) is 3.27. The van der Waals surface area contributed by atoms with Crippen molar-refractivity contribution in [1.29, 1.82) is 0 Å². The van der Waals surface area contributed by atoms with Gasteiger partial charge in [0.05, 0.1) is 0 Å². The number of rotatable bonds is 2. The smallest absolute Gasteiger partial charge is 0.194 e. The maximum Gasteiger partial charge on any atom is 0.194 e. The van der Waals surface area contributed by atoms with Gasteiger partial charge in [-0.05, 0) is 23.8 Å². The summed E-state index contributed by atoms with van der Waals surface area (Å²) >= 11 is 11.1. The zero-order chi connectivity index (χ0) is 10.8. The van der Waals surface area contributed by atoms with E-state index in [2.05, 4.69) is 10.2 Å². The Morgan fingerprint density at radius 2 is 2.20 bits per heavy atom. The Labute approximate surface area is 97.7 Å². The van der Waals surface area contributed by atoms with Crippen molar-refractivity contribution in [3.05, 3.63) is 45.4 Å². The van der Waals surface area contributed by atoms with E-state index >= 15 is 0 Å². The monoisotopic (exact) mass is 239 g/mol. The zero-order valence-corrected chi connectivity index (χ0v) is 9.77. The predicted octanol–water partition coefficient (Wildman–Crippen LogP) is 2.72. The number of nitrogens with one attached hydrogen (secondary N) is 1. The van der Waals surface area contributed by atoms with E-state index in [0.29, 0.717) is 11.2 Å². The van der Waals surface area contributed by atoms with Gasteiger partial charge in [0, 0.05) is 18.5 Å². The third-order valence-electron chi connectivity index (χ3n) is 2.28. The topological polar surface area (TPSA) is 33.6 Å². The normalized spacial score (nSPS) is 10.5. The molecule has 0 radical (unpaired) electrons. The van der Waals surface area contributed by atoms with Crippen molar-refractivity contribution in [2.24, 2.45) is 7.05 Å². The van der Waals surface area contributed by atoms with Crippen LogP contribution in [0.15, 0.2) is 24.3 Å². The van der Waals surface area contributed by atoms with Crippen LogP contribution in [-0.2, 0) is 13.5 Å². The summed E-state index contributed by atoms with van der Waals surface area (Å²) in [6.45, 7) is 0. The summed E-state index contributed by atoms with van der Waals surface area (Å²) in [5.74, 6) is 0.883. The first kappa shape index (κ1) is 10.4. The van der Waals surface area contributed by atoms with Gasteiger partial charge in [-0.2, -0.15) is 5.10 Å². The van der Waals surface area contributed by atoms with Gasteiger partial charge in [0.2, 0.25) is 0 Å². The lowest BCUT2D eigenvalue weighted by molar-refractivity contribution is 0.813. The molecule has 2 aromatic rings. The second kappa shape index (κ2) is 4.16. The van der Waals surface area contributed by atoms with Crippen molar-refractivity contribution in [2.45, 2.75) is 6.42 Å². The van der Waals surface area contributed by atoms with Crippen LogP contribution in [0.4, 0.5) is 0 Å². The second-order valence-corrected chi connectivity index (χ2v) is 4.07. The van der Waals surface area contributed by atoms with Gasteiger partial charge in [0.25, 0.3) is 0 Å². The number of H-pyrrole nitrogens is 1. The number of hydrogen-bond acceptors (Lipinski definition) is 2. The first-order valence-electron chi connectivity index (χ1n) is 4.52. The fourth-order valence-corrected chi connectivity index (χ4v) is 1.70. The Balaban J connectivity index is 2.34. The van der Waals surface area contributed by atoms with E-state index in [4.69, 9.17) is 23.8 Å². The molecule has 1 heterocycles. The minimum atomic E-state index is 0.622. The van der Waals surface area contributed by atoms with Crippen LogP contribution in [-0.4, -0.2) is 14.8 Å². The van der Waals surface area contributed by atoms with Crippen molar-refractivity contribution in [1.82, 2.24) is 14.8 Å². The highest BCUT2D eigenvalue weighted by atomic mass is 35.5. The molecule has 0 aliphatic carbocycles. The minimum Gasteiger partial charge on any atom is -0.307 e. The van der Waals surface area contributed by atoms with Gasteiger partial charge in [-0.15, -0.1) is 0 Å². The van der Waals surface area contributed by atoms with E-state index < -0.39 is 0 Å². The van der Waals surface area contributed by atoms with Crippen LogP contribution in [0, 0.1) is 4.77 Å². The highest BCUT2D eigenvalue weighted by molar-refractivity contribution is 7.71. The summed E-state index contributed by atoms with van der Waals surface area (Å²) in [5.41, 5.74) is 1.05. The van der Waals surface area contributed by atoms with Gasteiger partial charge in [0.15, 0.2) is 4.77 Å². The minimum absolute atomic E-state index is 0.622. The van der Waals surface area contributed by atoms with Gasteiger partial charge in [-0.3, -0.25) is 5.10 Å². The molecule has 1 aromatic heterocycles. The summed E-state index contributed by atoms with van der Waals surface area (Å²) in [7, 11) is 1.89. The Hall–Kier alpha value is -1.13. The van der Waals surface area contributed by atoms with Crippen molar-refractivity contribution < 1.29 is 0 Å². The maximum absolute atomic E-state index is 6.06. The first-order valence-corrected chi connectivity index (χ1v) is 5.31. The summed E-state index contributed by atoms with van der Waals surface area (Å²) in [4.78, 5) is 0. The molecule has 0 fully saturated rings. The Bertz CT molecular complexity index is 529. The predicted molar refractivity (Wildman–Crippen MR) is 62.7 cm³/mol. The molecule has 78 valence electrons. The molecule has 1 N–H and O–H groups in total. The van der Waals surface area contributed by atoms with Gasteiger partial charge in [-0.1, -0.05) is 29.8 Å². The largest absolute Gasteiger partial charge is 0.307 e. The van der Waals surface area contributed by atoms with Crippen LogP contribution in [0.2, 0.25) is 5.02 Å². The number of aromatic amines is 1. The molecule has 0 saturated heterocycles. The maximum atomic E-state index is 6.06. The van der Waals surface area contributed by atoms with Crippen LogP contribution in [0.3, 0.4) is 0 Å². The molecule has 0 saturated carbocycles. The number of benzene rings is 1. The molecule has 0 bridgehead atoms. The molecule has 0 amide bonds. The molecule has 0 atom stereocenters. The number of nitrogens with zero attached hydrogens (tertiary/aromatic N) is 2. The first-order chi connectivity index (χ1) is 7.18. The van der Waals surface area contributed by atoms with E-state index in [1.807, 2.05) is 35.9 Å². The molecule has 1 aromatic carbocycles. The molecule has 0 aliphatic rings. The van der Waals surface area contributed by atoms with Crippen molar-refractivity contribution in [2.75, 3.05) is 0 Å². The van der Waals surface area contributed by atoms with Crippen molar-refractivity contribution >= 4 is 23.8 Å². The lowest BCUT2D eigenvalue weighted by Gasteiger charge is -2.02. The number of aromatic nitrogens is 3. The highest BCUT2D eigenvalue weighted by Crippen LogP contribution is 2.17. The van der Waals surface area contributed by atoms with Crippen LogP contribution < -0.4 is 0 Å². The molecule has 15 heavy (non-hydrogen) atoms. The van der Waals surface area contributed by atoms with Gasteiger partial charge < -0.3 is 4.57 Å². The van der Waals surface area contributed by atoms with Crippen molar-refractivity contribution in [3.63, 3.8) is 0 Å². The van der Waals surface area contributed by atoms with E-state index in [1.165, 1.54) is 0 Å². The summed E-state index contributed by atoms with van der Waals surface area (Å²) in [6.07, 6.45) is 0.684. The number of hydrogen-bond donors (Lipinski definition) is 1. The SMILES string of the molecule is Cn1c(Cc2ccccc2Cl)n[nH]c1=S. The Morgan fingerprint density at radius 3 is 2.80 bits per heavy atom. The molecule has 0 unspecified atom stereocenters. The fourth-order valence-electron chi connectivity index (χ4n) is 1.35. The summed E-state index contributed by atoms with van der Waals surface area (Å²) < 4.78 is 2.47. The van der Waals surface area contributed by atoms with Crippen LogP contribution >= 0.6 is 23.8 Å². The molecule has 5 heteroatoms. The van der Waals surface area contributed by atoms with Gasteiger partial charge >= 0.3 is 0 Å². The quantitative estimate of drug-likeness (QED) is 0.818. The molecular weight excluding hydrogens is 230 g/mol. The Morgan fingerprint density at radius 1 is 1.47 bits per heavy atom. The van der Waals surface area contributed by atoms with E-state index in [-0.39, 0.29) is 0 Å². The third-order valence-corrected chi connectivity index (χ3v) is 3.01. The highest BCUT2D eigenvalue weighted by Gasteiger charge is 2.05. The van der Waals surface area contributed by atoms with Crippen LogP contribution in [0.5, 0.6) is 0 Å². The van der Waals surface area contributed by atoms with Crippen LogP contribution in [0.1, 0.15) is 11.4 Å². The lowest BCUT2D eigenvalue weighted by atomic mass is 10.1. The molecule has 3 nitrogen and oxygen atoms in total. The van der Waals surface area contributed by atoms with E-state index in [1.54, 1.807) is 0 Å². The van der Waals surface area contributed by atoms with Crippen LogP contribution in [0.25, 0.3) is 0 Å².